The van der Waals surface area contributed by atoms with E-state index in [2.05, 4.69) is 26.4 Å². The SMILES string of the molecule is COc1ccc(C(=O)Nc2nccc(-c3c(-c4cccc(C)c4)nc4cccnn34)n2)cc1. The second-order valence-corrected chi connectivity index (χ2v) is 7.42. The molecule has 3 heterocycles. The van der Waals surface area contributed by atoms with E-state index in [0.717, 1.165) is 22.5 Å². The molecule has 8 nitrogen and oxygen atoms in total. The van der Waals surface area contributed by atoms with Crippen LogP contribution in [0.15, 0.2) is 79.1 Å². The maximum Gasteiger partial charge on any atom is 0.258 e. The number of fused-ring (bicyclic) bond motifs is 1. The number of aromatic nitrogens is 5. The van der Waals surface area contributed by atoms with Gasteiger partial charge in [0.25, 0.3) is 5.91 Å². The third kappa shape index (κ3) is 4.01. The first-order valence-electron chi connectivity index (χ1n) is 10.3. The Labute approximate surface area is 189 Å². The molecule has 5 rings (SSSR count). The van der Waals surface area contributed by atoms with E-state index in [1.807, 2.05) is 37.3 Å². The first kappa shape index (κ1) is 20.3. The molecule has 0 aliphatic carbocycles. The van der Waals surface area contributed by atoms with Crippen LogP contribution in [0.2, 0.25) is 0 Å². The van der Waals surface area contributed by atoms with Crippen molar-refractivity contribution in [1.29, 1.82) is 0 Å². The molecule has 0 saturated carbocycles. The molecule has 0 unspecified atom stereocenters. The number of anilines is 1. The molecule has 0 fully saturated rings. The lowest BCUT2D eigenvalue weighted by Gasteiger charge is -2.08. The molecular formula is C25H20N6O2. The minimum absolute atomic E-state index is 0.189. The standard InChI is InChI=1S/C25H20N6O2/c1-16-5-3-6-18(15-16)22-23(31-21(29-22)7-4-13-27-31)20-12-14-26-25(28-20)30-24(32)17-8-10-19(33-2)11-9-17/h3-15H,1-2H3,(H,26,28,30,32). The number of carbonyl (C=O) groups is 1. The Balaban J connectivity index is 1.55. The van der Waals surface area contributed by atoms with E-state index in [0.29, 0.717) is 22.7 Å². The van der Waals surface area contributed by atoms with Crippen LogP contribution in [-0.2, 0) is 0 Å². The predicted molar refractivity (Wildman–Crippen MR) is 125 cm³/mol. The minimum Gasteiger partial charge on any atom is -0.497 e. The highest BCUT2D eigenvalue weighted by Gasteiger charge is 2.19. The van der Waals surface area contributed by atoms with Crippen molar-refractivity contribution in [2.24, 2.45) is 0 Å². The fourth-order valence-corrected chi connectivity index (χ4v) is 3.58. The number of hydrogen-bond acceptors (Lipinski definition) is 6. The molecule has 0 spiro atoms. The van der Waals surface area contributed by atoms with Gasteiger partial charge in [-0.3, -0.25) is 10.1 Å². The summed E-state index contributed by atoms with van der Waals surface area (Å²) in [4.78, 5) is 26.3. The Kier molecular flexibility index (Phi) is 5.24. The molecule has 0 aliphatic heterocycles. The first-order chi connectivity index (χ1) is 16.1. The van der Waals surface area contributed by atoms with Gasteiger partial charge in [-0.1, -0.05) is 23.8 Å². The number of nitrogens with one attached hydrogen (secondary N) is 1. The summed E-state index contributed by atoms with van der Waals surface area (Å²) >= 11 is 0. The number of rotatable bonds is 5. The summed E-state index contributed by atoms with van der Waals surface area (Å²) < 4.78 is 6.89. The number of imidazole rings is 1. The number of amides is 1. The molecule has 0 saturated heterocycles. The maximum atomic E-state index is 12.7. The Morgan fingerprint density at radius 1 is 0.970 bits per heavy atom. The highest BCUT2D eigenvalue weighted by Crippen LogP contribution is 2.31. The lowest BCUT2D eigenvalue weighted by atomic mass is 10.1. The van der Waals surface area contributed by atoms with Crippen molar-refractivity contribution in [3.63, 3.8) is 0 Å². The van der Waals surface area contributed by atoms with Gasteiger partial charge in [0.1, 0.15) is 17.1 Å². The van der Waals surface area contributed by atoms with E-state index >= 15 is 0 Å². The van der Waals surface area contributed by atoms with Crippen molar-refractivity contribution >= 4 is 17.5 Å². The van der Waals surface area contributed by atoms with E-state index in [1.54, 1.807) is 54.4 Å². The number of methoxy groups -OCH3 is 1. The van der Waals surface area contributed by atoms with Crippen LogP contribution >= 0.6 is 0 Å². The molecule has 8 heteroatoms. The number of ether oxygens (including phenoxy) is 1. The third-order valence-electron chi connectivity index (χ3n) is 5.16. The molecular weight excluding hydrogens is 416 g/mol. The van der Waals surface area contributed by atoms with Crippen LogP contribution in [0.5, 0.6) is 5.75 Å². The maximum absolute atomic E-state index is 12.7. The van der Waals surface area contributed by atoms with E-state index in [4.69, 9.17) is 9.72 Å². The van der Waals surface area contributed by atoms with Gasteiger partial charge in [0.15, 0.2) is 5.65 Å². The van der Waals surface area contributed by atoms with Crippen LogP contribution in [0.1, 0.15) is 15.9 Å². The number of benzene rings is 2. The second kappa shape index (κ2) is 8.51. The van der Waals surface area contributed by atoms with Gasteiger partial charge in [-0.25, -0.2) is 19.5 Å². The van der Waals surface area contributed by atoms with Gasteiger partial charge in [-0.05, 0) is 55.5 Å². The third-order valence-corrected chi connectivity index (χ3v) is 5.16. The van der Waals surface area contributed by atoms with Gasteiger partial charge < -0.3 is 4.74 Å². The van der Waals surface area contributed by atoms with Crippen LogP contribution in [0, 0.1) is 6.92 Å². The smallest absolute Gasteiger partial charge is 0.258 e. The Hall–Kier alpha value is -4.59. The molecule has 162 valence electrons. The lowest BCUT2D eigenvalue weighted by Crippen LogP contribution is -2.14. The van der Waals surface area contributed by atoms with Crippen molar-refractivity contribution in [3.05, 3.63) is 90.3 Å². The zero-order chi connectivity index (χ0) is 22.8. The number of aryl methyl sites for hydroxylation is 1. The molecule has 1 N–H and O–H groups in total. The zero-order valence-electron chi connectivity index (χ0n) is 18.1. The molecule has 5 aromatic rings. The molecule has 3 aromatic heterocycles. The van der Waals surface area contributed by atoms with Crippen molar-refractivity contribution < 1.29 is 9.53 Å². The predicted octanol–water partition coefficient (Wildman–Crippen LogP) is 4.42. The summed E-state index contributed by atoms with van der Waals surface area (Å²) in [6.45, 7) is 2.04. The van der Waals surface area contributed by atoms with Crippen LogP contribution in [-0.4, -0.2) is 37.6 Å². The molecule has 0 atom stereocenters. The molecule has 2 aromatic carbocycles. The summed E-state index contributed by atoms with van der Waals surface area (Å²) in [5.41, 5.74) is 5.32. The average Bonchev–Trinajstić information content (AvgIpc) is 3.24. The lowest BCUT2D eigenvalue weighted by molar-refractivity contribution is 0.102. The first-order valence-corrected chi connectivity index (χ1v) is 10.3. The van der Waals surface area contributed by atoms with E-state index in [1.165, 1.54) is 0 Å². The number of nitrogens with zero attached hydrogens (tertiary/aromatic N) is 5. The van der Waals surface area contributed by atoms with Crippen LogP contribution in [0.25, 0.3) is 28.3 Å². The summed E-state index contributed by atoms with van der Waals surface area (Å²) in [7, 11) is 1.58. The molecule has 0 radical (unpaired) electrons. The Bertz CT molecular complexity index is 1460. The normalized spacial score (nSPS) is 10.8. The molecule has 33 heavy (non-hydrogen) atoms. The van der Waals surface area contributed by atoms with Gasteiger partial charge in [0.05, 0.1) is 12.8 Å². The highest BCUT2D eigenvalue weighted by molar-refractivity contribution is 6.03. The number of hydrogen-bond donors (Lipinski definition) is 1. The van der Waals surface area contributed by atoms with Crippen molar-refractivity contribution in [2.45, 2.75) is 6.92 Å². The van der Waals surface area contributed by atoms with Gasteiger partial charge >= 0.3 is 0 Å². The largest absolute Gasteiger partial charge is 0.497 e. The highest BCUT2D eigenvalue weighted by atomic mass is 16.5. The minimum atomic E-state index is -0.315. The van der Waals surface area contributed by atoms with Gasteiger partial charge in [0.2, 0.25) is 5.95 Å². The summed E-state index contributed by atoms with van der Waals surface area (Å²) in [5, 5.41) is 7.24. The monoisotopic (exact) mass is 436 g/mol. The zero-order valence-corrected chi connectivity index (χ0v) is 18.1. The quantitative estimate of drug-likeness (QED) is 0.438. The van der Waals surface area contributed by atoms with Crippen molar-refractivity contribution in [2.75, 3.05) is 12.4 Å². The van der Waals surface area contributed by atoms with E-state index < -0.39 is 0 Å². The summed E-state index contributed by atoms with van der Waals surface area (Å²) in [5.74, 6) is 0.549. The average molecular weight is 436 g/mol. The summed E-state index contributed by atoms with van der Waals surface area (Å²) in [6, 6.07) is 20.4. The molecule has 1 amide bonds. The fourth-order valence-electron chi connectivity index (χ4n) is 3.58. The van der Waals surface area contributed by atoms with Crippen LogP contribution in [0.3, 0.4) is 0 Å². The summed E-state index contributed by atoms with van der Waals surface area (Å²) in [6.07, 6.45) is 3.31. The molecule has 0 aliphatic rings. The van der Waals surface area contributed by atoms with E-state index in [-0.39, 0.29) is 11.9 Å². The van der Waals surface area contributed by atoms with E-state index in [9.17, 15) is 4.79 Å². The van der Waals surface area contributed by atoms with Gasteiger partial charge in [-0.15, -0.1) is 0 Å². The topological polar surface area (TPSA) is 94.3 Å². The van der Waals surface area contributed by atoms with Gasteiger partial charge in [0, 0.05) is 23.5 Å². The molecule has 0 bridgehead atoms. The van der Waals surface area contributed by atoms with Crippen LogP contribution in [0.4, 0.5) is 5.95 Å². The Morgan fingerprint density at radius 2 is 1.82 bits per heavy atom. The number of carbonyl (C=O) groups excluding carboxylic acids is 1. The van der Waals surface area contributed by atoms with Gasteiger partial charge in [-0.2, -0.15) is 5.10 Å². The van der Waals surface area contributed by atoms with Crippen molar-refractivity contribution in [1.82, 2.24) is 24.6 Å². The van der Waals surface area contributed by atoms with Crippen LogP contribution < -0.4 is 10.1 Å². The van der Waals surface area contributed by atoms with Crippen molar-refractivity contribution in [3.8, 4) is 28.4 Å². The Morgan fingerprint density at radius 3 is 2.61 bits per heavy atom. The fraction of sp³-hybridized carbons (Fsp3) is 0.0800. The second-order valence-electron chi connectivity index (χ2n) is 7.42.